The molecule has 2 heteroatoms. The Morgan fingerprint density at radius 3 is 1.36 bits per heavy atom. The number of hydrogen-bond donors (Lipinski definition) is 2. The Balaban J connectivity index is 2.92. The lowest BCUT2D eigenvalue weighted by atomic mass is 10.2. The highest BCUT2D eigenvalue weighted by molar-refractivity contribution is 4.54. The highest BCUT2D eigenvalue weighted by atomic mass is 14.9. The van der Waals surface area contributed by atoms with Gasteiger partial charge in [0.15, 0.2) is 0 Å². The van der Waals surface area contributed by atoms with E-state index in [1.807, 2.05) is 0 Å². The van der Waals surface area contributed by atoms with Crippen molar-refractivity contribution in [1.82, 2.24) is 10.6 Å². The molecule has 86 valence electrons. The summed E-state index contributed by atoms with van der Waals surface area (Å²) in [5.74, 6) is 1.54. The summed E-state index contributed by atoms with van der Waals surface area (Å²) < 4.78 is 0. The van der Waals surface area contributed by atoms with Gasteiger partial charge in [-0.1, -0.05) is 27.7 Å². The highest BCUT2D eigenvalue weighted by Gasteiger charge is 1.94. The van der Waals surface area contributed by atoms with Gasteiger partial charge in [-0.25, -0.2) is 0 Å². The average molecular weight is 200 g/mol. The van der Waals surface area contributed by atoms with E-state index >= 15 is 0 Å². The van der Waals surface area contributed by atoms with Gasteiger partial charge >= 0.3 is 0 Å². The van der Waals surface area contributed by atoms with Crippen molar-refractivity contribution in [2.45, 2.75) is 40.5 Å². The lowest BCUT2D eigenvalue weighted by molar-refractivity contribution is 0.508. The maximum atomic E-state index is 3.46. The van der Waals surface area contributed by atoms with Crippen LogP contribution < -0.4 is 10.6 Å². The second-order valence-corrected chi connectivity index (χ2v) is 4.90. The first-order valence-corrected chi connectivity index (χ1v) is 6.04. The van der Waals surface area contributed by atoms with Crippen molar-refractivity contribution in [2.75, 3.05) is 26.2 Å². The van der Waals surface area contributed by atoms with Crippen LogP contribution in [0.3, 0.4) is 0 Å². The van der Waals surface area contributed by atoms with Gasteiger partial charge in [0.1, 0.15) is 0 Å². The molecule has 2 N–H and O–H groups in total. The van der Waals surface area contributed by atoms with Crippen molar-refractivity contribution < 1.29 is 0 Å². The normalized spacial score (nSPS) is 11.6. The predicted molar refractivity (Wildman–Crippen MR) is 64.6 cm³/mol. The van der Waals surface area contributed by atoms with Gasteiger partial charge in [-0.2, -0.15) is 0 Å². The van der Waals surface area contributed by atoms with Crippen molar-refractivity contribution in [3.05, 3.63) is 0 Å². The Morgan fingerprint density at radius 2 is 1.07 bits per heavy atom. The Labute approximate surface area is 89.9 Å². The van der Waals surface area contributed by atoms with E-state index < -0.39 is 0 Å². The van der Waals surface area contributed by atoms with Crippen LogP contribution in [0.4, 0.5) is 0 Å². The largest absolute Gasteiger partial charge is 0.316 e. The molecular formula is C12H28N2. The molecule has 0 aromatic heterocycles. The molecule has 0 saturated heterocycles. The van der Waals surface area contributed by atoms with E-state index in [1.54, 1.807) is 0 Å². The fourth-order valence-electron chi connectivity index (χ4n) is 1.28. The molecule has 0 fully saturated rings. The van der Waals surface area contributed by atoms with E-state index in [-0.39, 0.29) is 0 Å². The molecule has 0 heterocycles. The highest BCUT2D eigenvalue weighted by Crippen LogP contribution is 1.91. The zero-order valence-electron chi connectivity index (χ0n) is 10.4. The van der Waals surface area contributed by atoms with Crippen molar-refractivity contribution in [2.24, 2.45) is 11.8 Å². The monoisotopic (exact) mass is 200 g/mol. The first-order chi connectivity index (χ1) is 6.63. The molecule has 0 aromatic rings. The van der Waals surface area contributed by atoms with Gasteiger partial charge in [0.05, 0.1) is 0 Å². The molecule has 2 nitrogen and oxygen atoms in total. The summed E-state index contributed by atoms with van der Waals surface area (Å²) >= 11 is 0. The molecule has 0 amide bonds. The van der Waals surface area contributed by atoms with E-state index in [0.29, 0.717) is 0 Å². The van der Waals surface area contributed by atoms with E-state index in [2.05, 4.69) is 38.3 Å². The van der Waals surface area contributed by atoms with Gasteiger partial charge in [0.25, 0.3) is 0 Å². The fourth-order valence-corrected chi connectivity index (χ4v) is 1.28. The lowest BCUT2D eigenvalue weighted by Gasteiger charge is -2.08. The van der Waals surface area contributed by atoms with Gasteiger partial charge in [0.2, 0.25) is 0 Å². The van der Waals surface area contributed by atoms with Gasteiger partial charge < -0.3 is 10.6 Å². The summed E-state index contributed by atoms with van der Waals surface area (Å²) in [6, 6.07) is 0. The van der Waals surface area contributed by atoms with Crippen LogP contribution in [-0.4, -0.2) is 26.2 Å². The molecule has 14 heavy (non-hydrogen) atoms. The SMILES string of the molecule is CC(C)CNCCCCNCC(C)C. The van der Waals surface area contributed by atoms with Crippen LogP contribution in [0.1, 0.15) is 40.5 Å². The maximum absolute atomic E-state index is 3.46. The second-order valence-electron chi connectivity index (χ2n) is 4.90. The molecule has 0 aliphatic rings. The first-order valence-electron chi connectivity index (χ1n) is 6.04. The average Bonchev–Trinajstić information content (AvgIpc) is 2.08. The van der Waals surface area contributed by atoms with Gasteiger partial charge in [0, 0.05) is 0 Å². The molecule has 0 aliphatic carbocycles. The van der Waals surface area contributed by atoms with Crippen molar-refractivity contribution in [1.29, 1.82) is 0 Å². The second kappa shape index (κ2) is 9.47. The van der Waals surface area contributed by atoms with Gasteiger partial charge in [-0.05, 0) is 50.9 Å². The van der Waals surface area contributed by atoms with Gasteiger partial charge in [-0.15, -0.1) is 0 Å². The standard InChI is InChI=1S/C12H28N2/c1-11(2)9-13-7-5-6-8-14-10-12(3)4/h11-14H,5-10H2,1-4H3. The number of hydrogen-bond acceptors (Lipinski definition) is 2. The van der Waals surface area contributed by atoms with Crippen molar-refractivity contribution >= 4 is 0 Å². The summed E-state index contributed by atoms with van der Waals surface area (Å²) in [5, 5.41) is 6.91. The van der Waals surface area contributed by atoms with Crippen LogP contribution in [0.15, 0.2) is 0 Å². The minimum absolute atomic E-state index is 0.772. The Kier molecular flexibility index (Phi) is 9.42. The summed E-state index contributed by atoms with van der Waals surface area (Å²) in [7, 11) is 0. The molecule has 0 bridgehead atoms. The molecule has 0 unspecified atom stereocenters. The van der Waals surface area contributed by atoms with Crippen molar-refractivity contribution in [3.8, 4) is 0 Å². The third-order valence-corrected chi connectivity index (χ3v) is 2.06. The maximum Gasteiger partial charge on any atom is -0.00258 e. The van der Waals surface area contributed by atoms with E-state index in [9.17, 15) is 0 Å². The summed E-state index contributed by atoms with van der Waals surface area (Å²) in [4.78, 5) is 0. The van der Waals surface area contributed by atoms with E-state index in [1.165, 1.54) is 25.9 Å². The smallest absolute Gasteiger partial charge is 0.00258 e. The third kappa shape index (κ3) is 11.9. The molecule has 0 aromatic carbocycles. The number of rotatable bonds is 9. The van der Waals surface area contributed by atoms with Crippen LogP contribution in [0.25, 0.3) is 0 Å². The van der Waals surface area contributed by atoms with Crippen LogP contribution in [0, 0.1) is 11.8 Å². The van der Waals surface area contributed by atoms with Crippen LogP contribution in [0.5, 0.6) is 0 Å². The Bertz CT molecular complexity index is 96.9. The molecule has 0 rings (SSSR count). The van der Waals surface area contributed by atoms with Crippen LogP contribution >= 0.6 is 0 Å². The molecule has 0 aliphatic heterocycles. The molecule has 0 radical (unpaired) electrons. The quantitative estimate of drug-likeness (QED) is 0.558. The first kappa shape index (κ1) is 13.9. The fraction of sp³-hybridized carbons (Fsp3) is 1.00. The molecular weight excluding hydrogens is 172 g/mol. The minimum Gasteiger partial charge on any atom is -0.316 e. The molecule has 0 saturated carbocycles. The van der Waals surface area contributed by atoms with E-state index in [4.69, 9.17) is 0 Å². The van der Waals surface area contributed by atoms with Crippen LogP contribution in [-0.2, 0) is 0 Å². The molecule has 0 atom stereocenters. The van der Waals surface area contributed by atoms with Crippen LogP contribution in [0.2, 0.25) is 0 Å². The van der Waals surface area contributed by atoms with Crippen molar-refractivity contribution in [3.63, 3.8) is 0 Å². The Morgan fingerprint density at radius 1 is 0.714 bits per heavy atom. The number of unbranched alkanes of at least 4 members (excludes halogenated alkanes) is 1. The molecule has 0 spiro atoms. The Hall–Kier alpha value is -0.0800. The summed E-state index contributed by atoms with van der Waals surface area (Å²) in [6.07, 6.45) is 2.58. The van der Waals surface area contributed by atoms with Gasteiger partial charge in [-0.3, -0.25) is 0 Å². The number of nitrogens with one attached hydrogen (secondary N) is 2. The third-order valence-electron chi connectivity index (χ3n) is 2.06. The topological polar surface area (TPSA) is 24.1 Å². The summed E-state index contributed by atoms with van der Waals surface area (Å²) in [5.41, 5.74) is 0. The van der Waals surface area contributed by atoms with E-state index in [0.717, 1.165) is 24.9 Å². The summed E-state index contributed by atoms with van der Waals surface area (Å²) in [6.45, 7) is 13.6. The minimum atomic E-state index is 0.772. The lowest BCUT2D eigenvalue weighted by Crippen LogP contribution is -2.23. The zero-order valence-corrected chi connectivity index (χ0v) is 10.4. The zero-order chi connectivity index (χ0) is 10.8. The predicted octanol–water partition coefficient (Wildman–Crippen LogP) is 2.26.